The van der Waals surface area contributed by atoms with E-state index in [9.17, 15) is 23.3 Å². The Morgan fingerprint density at radius 1 is 0.918 bits per heavy atom. The lowest BCUT2D eigenvalue weighted by molar-refractivity contribution is -0.141. The van der Waals surface area contributed by atoms with Crippen molar-refractivity contribution in [2.75, 3.05) is 25.0 Å². The fraction of sp³-hybridized carbons (Fsp3) is 0.200. The largest absolute Gasteiger partial charge is 0.492 e. The number of aromatic nitrogens is 4. The second kappa shape index (κ2) is 16.5. The molecule has 61 heavy (non-hydrogen) atoms. The first-order valence-electron chi connectivity index (χ1n) is 19.3. The Labute approximate surface area is 356 Å². The first kappa shape index (κ1) is 40.7. The molecule has 0 bridgehead atoms. The van der Waals surface area contributed by atoms with Gasteiger partial charge in [0.1, 0.15) is 35.3 Å². The third kappa shape index (κ3) is 7.88. The first-order chi connectivity index (χ1) is 29.4. The molecule has 1 aliphatic rings. The molecule has 0 spiro atoms. The molecule has 4 heterocycles. The quantitative estimate of drug-likeness (QED) is 0.0818. The standard InChI is InChI=1S/C45H40N8O6S2/c1-25-6-19-36(42-39(25)33(23-46)24-48-42)52-61(56,57)35-17-15-34(16-18-35)59-21-20-47-44(55)32-13-9-30(10-14-32)29-7-11-31(12-8-29)41-40-26(2)27(3)60-45(40)53-28(4)50-51-43(53)37(49-41)22-38(54)58-5/h6-19,24,37,48,52H,20-22H2,1-5H3,(H,47,55)/t37-/m0/s1. The number of H-pyrrole nitrogens is 1. The molecule has 0 aliphatic carbocycles. The topological polar surface area (TPSA) is 193 Å². The number of carbonyl (C=O) groups is 2. The number of thiophene rings is 1. The molecule has 3 N–H and O–H groups in total. The number of aliphatic imine (C=N–C) groups is 1. The number of hydrogen-bond acceptors (Lipinski definition) is 11. The number of amides is 1. The molecule has 4 aromatic carbocycles. The van der Waals surface area contributed by atoms with Crippen LogP contribution in [0.5, 0.6) is 5.75 Å². The number of esters is 1. The number of hydrogen-bond donors (Lipinski definition) is 3. The third-order valence-corrected chi connectivity index (χ3v) is 13.2. The van der Waals surface area contributed by atoms with Crippen LogP contribution in [-0.2, 0) is 19.6 Å². The molecule has 3 aromatic heterocycles. The van der Waals surface area contributed by atoms with E-state index in [4.69, 9.17) is 14.5 Å². The van der Waals surface area contributed by atoms with Gasteiger partial charge in [0.25, 0.3) is 15.9 Å². The Bertz CT molecular complexity index is 3010. The predicted molar refractivity (Wildman–Crippen MR) is 233 cm³/mol. The van der Waals surface area contributed by atoms with Gasteiger partial charge >= 0.3 is 5.97 Å². The smallest absolute Gasteiger partial charge is 0.308 e. The highest BCUT2D eigenvalue weighted by atomic mass is 32.2. The summed E-state index contributed by atoms with van der Waals surface area (Å²) in [4.78, 5) is 34.8. The number of aromatic amines is 1. The van der Waals surface area contributed by atoms with Crippen molar-refractivity contribution in [3.63, 3.8) is 0 Å². The molecule has 7 aromatic rings. The van der Waals surface area contributed by atoms with Crippen molar-refractivity contribution < 1.29 is 27.5 Å². The average molecular weight is 853 g/mol. The maximum Gasteiger partial charge on any atom is 0.308 e. The van der Waals surface area contributed by atoms with E-state index >= 15 is 0 Å². The summed E-state index contributed by atoms with van der Waals surface area (Å²) in [5.74, 6) is 1.11. The van der Waals surface area contributed by atoms with Crippen LogP contribution in [0.2, 0.25) is 0 Å². The predicted octanol–water partition coefficient (Wildman–Crippen LogP) is 7.65. The van der Waals surface area contributed by atoms with E-state index in [1.807, 2.05) is 54.8 Å². The zero-order chi connectivity index (χ0) is 43.0. The fourth-order valence-electron chi connectivity index (χ4n) is 7.35. The number of carbonyl (C=O) groups excluding carboxylic acids is 2. The number of fused-ring (bicyclic) bond motifs is 4. The number of methoxy groups -OCH3 is 1. The van der Waals surface area contributed by atoms with Gasteiger partial charge in [0, 0.05) is 33.2 Å². The minimum absolute atomic E-state index is 0.0257. The SMILES string of the molecule is COC(=O)C[C@@H]1N=C(c2ccc(-c3ccc(C(=O)NCCOc4ccc(S(=O)(=O)Nc5ccc(C)c6c(C#N)c[nH]c56)cc4)cc3)cc2)c2c(sc(C)c2C)-n2c(C)nnc21. The summed E-state index contributed by atoms with van der Waals surface area (Å²) in [5.41, 5.74) is 8.27. The second-order valence-electron chi connectivity index (χ2n) is 14.5. The van der Waals surface area contributed by atoms with Crippen LogP contribution in [-0.4, -0.2) is 66.0 Å². The number of nitriles is 1. The summed E-state index contributed by atoms with van der Waals surface area (Å²) in [6.07, 6.45) is 1.58. The van der Waals surface area contributed by atoms with Gasteiger partial charge in [-0.25, -0.2) is 8.42 Å². The van der Waals surface area contributed by atoms with Crippen LogP contribution in [0.25, 0.3) is 27.0 Å². The van der Waals surface area contributed by atoms with Crippen molar-refractivity contribution in [1.29, 1.82) is 5.26 Å². The number of anilines is 1. The van der Waals surface area contributed by atoms with Crippen LogP contribution in [0.1, 0.15) is 67.2 Å². The molecule has 8 rings (SSSR count). The van der Waals surface area contributed by atoms with Gasteiger partial charge in [-0.15, -0.1) is 21.5 Å². The molecule has 1 amide bonds. The summed E-state index contributed by atoms with van der Waals surface area (Å²) in [6.45, 7) is 8.30. The Hall–Kier alpha value is -7.09. The van der Waals surface area contributed by atoms with Gasteiger partial charge in [0.15, 0.2) is 5.82 Å². The summed E-state index contributed by atoms with van der Waals surface area (Å²) in [5, 5.41) is 22.7. The summed E-state index contributed by atoms with van der Waals surface area (Å²) >= 11 is 1.65. The zero-order valence-electron chi connectivity index (χ0n) is 33.9. The molecule has 0 saturated heterocycles. The van der Waals surface area contributed by atoms with Crippen LogP contribution < -0.4 is 14.8 Å². The molecule has 16 heteroatoms. The zero-order valence-corrected chi connectivity index (χ0v) is 35.5. The summed E-state index contributed by atoms with van der Waals surface area (Å²) in [6, 6.07) is 26.3. The van der Waals surface area contributed by atoms with Crippen LogP contribution in [0.3, 0.4) is 0 Å². The molecule has 0 unspecified atom stereocenters. The van der Waals surface area contributed by atoms with Gasteiger partial charge in [-0.05, 0) is 92.4 Å². The van der Waals surface area contributed by atoms with Gasteiger partial charge in [0.2, 0.25) is 0 Å². The van der Waals surface area contributed by atoms with E-state index in [1.165, 1.54) is 19.2 Å². The second-order valence-corrected chi connectivity index (χ2v) is 17.4. The number of sulfonamides is 1. The molecule has 0 saturated carbocycles. The van der Waals surface area contributed by atoms with Gasteiger partial charge in [-0.2, -0.15) is 5.26 Å². The highest BCUT2D eigenvalue weighted by molar-refractivity contribution is 7.92. The molecule has 1 aliphatic heterocycles. The molecular weight excluding hydrogens is 813 g/mol. The van der Waals surface area contributed by atoms with Crippen LogP contribution in [0.4, 0.5) is 5.69 Å². The number of ether oxygens (including phenoxy) is 2. The van der Waals surface area contributed by atoms with E-state index in [1.54, 1.807) is 53.9 Å². The Morgan fingerprint density at radius 3 is 2.30 bits per heavy atom. The highest BCUT2D eigenvalue weighted by Gasteiger charge is 2.32. The molecule has 0 fully saturated rings. The summed E-state index contributed by atoms with van der Waals surface area (Å²) in [7, 11) is -2.58. The van der Waals surface area contributed by atoms with E-state index in [0.717, 1.165) is 49.0 Å². The van der Waals surface area contributed by atoms with Gasteiger partial charge in [0.05, 0.1) is 47.5 Å². The minimum atomic E-state index is -3.94. The van der Waals surface area contributed by atoms with Crippen molar-refractivity contribution in [2.45, 2.75) is 45.1 Å². The first-order valence-corrected chi connectivity index (χ1v) is 21.6. The van der Waals surface area contributed by atoms with Gasteiger partial charge in [-0.1, -0.05) is 42.5 Å². The van der Waals surface area contributed by atoms with Gasteiger partial charge < -0.3 is 19.8 Å². The van der Waals surface area contributed by atoms with Crippen molar-refractivity contribution >= 4 is 55.5 Å². The van der Waals surface area contributed by atoms with Crippen LogP contribution in [0.15, 0.2) is 101 Å². The maximum absolute atomic E-state index is 13.2. The monoisotopic (exact) mass is 852 g/mol. The van der Waals surface area contributed by atoms with Crippen molar-refractivity contribution in [3.05, 3.63) is 141 Å². The Morgan fingerprint density at radius 2 is 1.61 bits per heavy atom. The molecule has 14 nitrogen and oxygen atoms in total. The lowest BCUT2D eigenvalue weighted by Gasteiger charge is -2.12. The molecule has 308 valence electrons. The molecule has 0 radical (unpaired) electrons. The number of nitrogens with zero attached hydrogens (tertiary/aromatic N) is 5. The normalized spacial score (nSPS) is 13.4. The maximum atomic E-state index is 13.2. The summed E-state index contributed by atoms with van der Waals surface area (Å²) < 4.78 is 41.8. The molecular formula is C45H40N8O6S2. The highest BCUT2D eigenvalue weighted by Crippen LogP contribution is 2.40. The number of benzene rings is 4. The Balaban J connectivity index is 0.886. The van der Waals surface area contributed by atoms with Crippen molar-refractivity contribution in [1.82, 2.24) is 25.1 Å². The van der Waals surface area contributed by atoms with Crippen LogP contribution in [0, 0.1) is 39.0 Å². The van der Waals surface area contributed by atoms with Crippen molar-refractivity contribution in [3.8, 4) is 27.9 Å². The van der Waals surface area contributed by atoms with E-state index in [2.05, 4.69) is 45.1 Å². The number of aryl methyl sites for hydroxylation is 3. The minimum Gasteiger partial charge on any atom is -0.492 e. The third-order valence-electron chi connectivity index (χ3n) is 10.7. The lowest BCUT2D eigenvalue weighted by Crippen LogP contribution is -2.28. The van der Waals surface area contributed by atoms with E-state index in [0.29, 0.717) is 45.1 Å². The lowest BCUT2D eigenvalue weighted by atomic mass is 9.96. The number of nitrogens with one attached hydrogen (secondary N) is 3. The number of rotatable bonds is 12. The van der Waals surface area contributed by atoms with E-state index in [-0.39, 0.29) is 36.3 Å². The van der Waals surface area contributed by atoms with E-state index < -0.39 is 16.1 Å². The van der Waals surface area contributed by atoms with Crippen LogP contribution >= 0.6 is 11.3 Å². The van der Waals surface area contributed by atoms with Gasteiger partial charge in [-0.3, -0.25) is 23.9 Å². The molecule has 1 atom stereocenters. The fourth-order valence-corrected chi connectivity index (χ4v) is 9.63. The Kier molecular flexibility index (Phi) is 11.0. The average Bonchev–Trinajstić information content (AvgIpc) is 3.94. The van der Waals surface area contributed by atoms with Crippen molar-refractivity contribution in [2.24, 2.45) is 4.99 Å².